The summed E-state index contributed by atoms with van der Waals surface area (Å²) in [6, 6.07) is 5.41. The molecule has 1 N–H and O–H groups in total. The van der Waals surface area contributed by atoms with Crippen LogP contribution in [0.2, 0.25) is 0 Å². The number of nitrogens with zero attached hydrogens (tertiary/aromatic N) is 1. The summed E-state index contributed by atoms with van der Waals surface area (Å²) in [5, 5.41) is 9.08. The van der Waals surface area contributed by atoms with E-state index in [1.165, 1.54) is 0 Å². The highest BCUT2D eigenvalue weighted by molar-refractivity contribution is 5.97. The second-order valence-electron chi connectivity index (χ2n) is 3.79. The van der Waals surface area contributed by atoms with Crippen LogP contribution in [0.4, 0.5) is 5.69 Å². The van der Waals surface area contributed by atoms with Crippen LogP contribution in [0.3, 0.4) is 0 Å². The monoisotopic (exact) mass is 221 g/mol. The van der Waals surface area contributed by atoms with Crippen LogP contribution < -0.4 is 9.64 Å². The van der Waals surface area contributed by atoms with E-state index in [9.17, 15) is 4.79 Å². The molecule has 4 nitrogen and oxygen atoms in total. The Morgan fingerprint density at radius 2 is 2.31 bits per heavy atom. The zero-order valence-corrected chi connectivity index (χ0v) is 9.27. The third kappa shape index (κ3) is 1.88. The first-order valence-electron chi connectivity index (χ1n) is 5.43. The minimum absolute atomic E-state index is 0.0237. The molecule has 1 amide bonds. The van der Waals surface area contributed by atoms with Crippen molar-refractivity contribution in [3.8, 4) is 5.75 Å². The van der Waals surface area contributed by atoms with E-state index in [0.717, 1.165) is 17.7 Å². The third-order valence-electron chi connectivity index (χ3n) is 2.60. The first kappa shape index (κ1) is 11.0. The van der Waals surface area contributed by atoms with Gasteiger partial charge >= 0.3 is 0 Å². The van der Waals surface area contributed by atoms with Crippen LogP contribution in [0.5, 0.6) is 5.75 Å². The summed E-state index contributed by atoms with van der Waals surface area (Å²) in [6.45, 7) is 2.79. The first-order valence-corrected chi connectivity index (χ1v) is 5.43. The standard InChI is InChI=1S/C12H15NO3/c1-2-5-13-10-6-9(7-14)3-4-11(10)16-8-12(13)15/h3-4,6,14H,2,5,7-8H2,1H3. The number of aliphatic hydroxyl groups excluding tert-OH is 1. The molecule has 0 saturated carbocycles. The van der Waals surface area contributed by atoms with Gasteiger partial charge in [0.25, 0.3) is 5.91 Å². The number of benzene rings is 1. The molecule has 0 aromatic heterocycles. The summed E-state index contributed by atoms with van der Waals surface area (Å²) in [7, 11) is 0. The molecule has 0 aliphatic carbocycles. The molecule has 0 atom stereocenters. The number of anilines is 1. The molecule has 4 heteroatoms. The first-order chi connectivity index (χ1) is 7.76. The molecular weight excluding hydrogens is 206 g/mol. The van der Waals surface area contributed by atoms with E-state index >= 15 is 0 Å². The smallest absolute Gasteiger partial charge is 0.265 e. The molecule has 16 heavy (non-hydrogen) atoms. The average Bonchev–Trinajstić information content (AvgIpc) is 2.32. The van der Waals surface area contributed by atoms with Crippen molar-refractivity contribution in [2.75, 3.05) is 18.1 Å². The number of hydrogen-bond acceptors (Lipinski definition) is 3. The van der Waals surface area contributed by atoms with Gasteiger partial charge in [0.1, 0.15) is 5.75 Å². The molecule has 0 bridgehead atoms. The lowest BCUT2D eigenvalue weighted by molar-refractivity contribution is -0.121. The van der Waals surface area contributed by atoms with Crippen molar-refractivity contribution >= 4 is 11.6 Å². The lowest BCUT2D eigenvalue weighted by Gasteiger charge is -2.29. The Morgan fingerprint density at radius 1 is 1.50 bits per heavy atom. The average molecular weight is 221 g/mol. The summed E-state index contributed by atoms with van der Waals surface area (Å²) >= 11 is 0. The highest BCUT2D eigenvalue weighted by Crippen LogP contribution is 2.32. The predicted molar refractivity (Wildman–Crippen MR) is 60.5 cm³/mol. The highest BCUT2D eigenvalue weighted by Gasteiger charge is 2.24. The Bertz CT molecular complexity index is 403. The quantitative estimate of drug-likeness (QED) is 0.837. The fourth-order valence-corrected chi connectivity index (χ4v) is 1.81. The fraction of sp³-hybridized carbons (Fsp3) is 0.417. The van der Waals surface area contributed by atoms with Crippen LogP contribution in [-0.4, -0.2) is 24.2 Å². The number of fused-ring (bicyclic) bond motifs is 1. The van der Waals surface area contributed by atoms with E-state index in [2.05, 4.69) is 0 Å². The van der Waals surface area contributed by atoms with Crippen molar-refractivity contribution in [2.45, 2.75) is 20.0 Å². The molecule has 0 saturated heterocycles. The Kier molecular flexibility index (Phi) is 3.10. The summed E-state index contributed by atoms with van der Waals surface area (Å²) in [6.07, 6.45) is 0.897. The van der Waals surface area contributed by atoms with Crippen LogP contribution in [0.15, 0.2) is 18.2 Å². The lowest BCUT2D eigenvalue weighted by Crippen LogP contribution is -2.39. The van der Waals surface area contributed by atoms with E-state index in [0.29, 0.717) is 12.3 Å². The van der Waals surface area contributed by atoms with Crippen LogP contribution in [0.25, 0.3) is 0 Å². The van der Waals surface area contributed by atoms with Gasteiger partial charge < -0.3 is 14.7 Å². The topological polar surface area (TPSA) is 49.8 Å². The lowest BCUT2D eigenvalue weighted by atomic mass is 10.1. The maximum atomic E-state index is 11.7. The minimum Gasteiger partial charge on any atom is -0.482 e. The van der Waals surface area contributed by atoms with Gasteiger partial charge in [-0.2, -0.15) is 0 Å². The number of carbonyl (C=O) groups is 1. The van der Waals surface area contributed by atoms with Gasteiger partial charge in [0, 0.05) is 6.54 Å². The van der Waals surface area contributed by atoms with Gasteiger partial charge in [-0.3, -0.25) is 4.79 Å². The molecule has 0 radical (unpaired) electrons. The Labute approximate surface area is 94.4 Å². The van der Waals surface area contributed by atoms with Gasteiger partial charge in [-0.05, 0) is 24.1 Å². The van der Waals surface area contributed by atoms with Crippen LogP contribution in [-0.2, 0) is 11.4 Å². The molecule has 0 spiro atoms. The van der Waals surface area contributed by atoms with Crippen molar-refractivity contribution in [1.82, 2.24) is 0 Å². The Balaban J connectivity index is 2.39. The van der Waals surface area contributed by atoms with Gasteiger partial charge in [0.15, 0.2) is 6.61 Å². The van der Waals surface area contributed by atoms with Gasteiger partial charge in [-0.25, -0.2) is 0 Å². The second-order valence-corrected chi connectivity index (χ2v) is 3.79. The third-order valence-corrected chi connectivity index (χ3v) is 2.60. The van der Waals surface area contributed by atoms with Crippen molar-refractivity contribution in [3.63, 3.8) is 0 Å². The summed E-state index contributed by atoms with van der Waals surface area (Å²) in [5.74, 6) is 0.690. The summed E-state index contributed by atoms with van der Waals surface area (Å²) in [5.41, 5.74) is 1.56. The van der Waals surface area contributed by atoms with E-state index in [4.69, 9.17) is 9.84 Å². The predicted octanol–water partition coefficient (Wildman–Crippen LogP) is 1.31. The van der Waals surface area contributed by atoms with Crippen molar-refractivity contribution in [1.29, 1.82) is 0 Å². The van der Waals surface area contributed by atoms with E-state index in [-0.39, 0.29) is 19.1 Å². The van der Waals surface area contributed by atoms with E-state index in [1.54, 1.807) is 17.0 Å². The van der Waals surface area contributed by atoms with E-state index < -0.39 is 0 Å². The molecule has 1 aliphatic rings. The van der Waals surface area contributed by atoms with Crippen LogP contribution in [0.1, 0.15) is 18.9 Å². The maximum Gasteiger partial charge on any atom is 0.265 e. The number of hydrogen-bond donors (Lipinski definition) is 1. The minimum atomic E-state index is -0.0264. The van der Waals surface area contributed by atoms with Crippen LogP contribution >= 0.6 is 0 Å². The molecule has 86 valence electrons. The van der Waals surface area contributed by atoms with Crippen molar-refractivity contribution in [2.24, 2.45) is 0 Å². The largest absolute Gasteiger partial charge is 0.482 e. The number of rotatable bonds is 3. The van der Waals surface area contributed by atoms with Crippen molar-refractivity contribution in [3.05, 3.63) is 23.8 Å². The zero-order valence-electron chi connectivity index (χ0n) is 9.27. The number of aliphatic hydroxyl groups is 1. The SMILES string of the molecule is CCCN1C(=O)COc2ccc(CO)cc21. The number of amides is 1. The number of ether oxygens (including phenoxy) is 1. The maximum absolute atomic E-state index is 11.7. The number of carbonyl (C=O) groups excluding carboxylic acids is 1. The van der Waals surface area contributed by atoms with Crippen molar-refractivity contribution < 1.29 is 14.6 Å². The second kappa shape index (κ2) is 4.53. The molecule has 0 fully saturated rings. The van der Waals surface area contributed by atoms with Crippen LogP contribution in [0, 0.1) is 0 Å². The normalized spacial score (nSPS) is 14.6. The Hall–Kier alpha value is -1.55. The van der Waals surface area contributed by atoms with E-state index in [1.807, 2.05) is 13.0 Å². The summed E-state index contributed by atoms with van der Waals surface area (Å²) in [4.78, 5) is 13.4. The summed E-state index contributed by atoms with van der Waals surface area (Å²) < 4.78 is 5.34. The van der Waals surface area contributed by atoms with Gasteiger partial charge in [0.2, 0.25) is 0 Å². The molecule has 0 unspecified atom stereocenters. The molecule has 1 aliphatic heterocycles. The highest BCUT2D eigenvalue weighted by atomic mass is 16.5. The van der Waals surface area contributed by atoms with Gasteiger partial charge in [-0.1, -0.05) is 13.0 Å². The zero-order chi connectivity index (χ0) is 11.5. The van der Waals surface area contributed by atoms with Gasteiger partial charge in [0.05, 0.1) is 12.3 Å². The Morgan fingerprint density at radius 3 is 3.00 bits per heavy atom. The molecule has 2 rings (SSSR count). The van der Waals surface area contributed by atoms with Gasteiger partial charge in [-0.15, -0.1) is 0 Å². The molecule has 1 aromatic rings. The fourth-order valence-electron chi connectivity index (χ4n) is 1.81. The molecule has 1 heterocycles. The molecular formula is C12H15NO3. The molecule has 1 aromatic carbocycles.